The summed E-state index contributed by atoms with van der Waals surface area (Å²) in [6.07, 6.45) is 2.43. The number of ketones is 1. The zero-order valence-corrected chi connectivity index (χ0v) is 6.34. The van der Waals surface area contributed by atoms with Gasteiger partial charge in [-0.3, -0.25) is 4.79 Å². The van der Waals surface area contributed by atoms with E-state index in [9.17, 15) is 9.90 Å². The van der Waals surface area contributed by atoms with Gasteiger partial charge in [0.1, 0.15) is 0 Å². The van der Waals surface area contributed by atoms with E-state index in [1.54, 1.807) is 0 Å². The summed E-state index contributed by atoms with van der Waals surface area (Å²) in [5.74, 6) is -0.0631. The van der Waals surface area contributed by atoms with Gasteiger partial charge < -0.3 is 10.0 Å². The summed E-state index contributed by atoms with van der Waals surface area (Å²) >= 11 is 0. The summed E-state index contributed by atoms with van der Waals surface area (Å²) in [6, 6.07) is 0. The minimum atomic E-state index is -0.0850. The lowest BCUT2D eigenvalue weighted by Crippen LogP contribution is -2.29. The first-order chi connectivity index (χ1) is 5.29. The van der Waals surface area contributed by atoms with Crippen LogP contribution in [0.4, 0.5) is 0 Å². The monoisotopic (exact) mass is 153 g/mol. The topological polar surface area (TPSA) is 40.5 Å². The molecule has 60 valence electrons. The molecule has 0 bridgehead atoms. The molecule has 0 spiro atoms. The molecule has 2 aliphatic heterocycles. The number of aliphatic hydroxyl groups is 1. The van der Waals surface area contributed by atoms with Gasteiger partial charge in [-0.2, -0.15) is 0 Å². The van der Waals surface area contributed by atoms with Crippen LogP contribution >= 0.6 is 0 Å². The van der Waals surface area contributed by atoms with Gasteiger partial charge in [0.25, 0.3) is 0 Å². The molecule has 3 heteroatoms. The maximum Gasteiger partial charge on any atom is 0.200 e. The highest BCUT2D eigenvalue weighted by Gasteiger charge is 2.28. The molecule has 1 N–H and O–H groups in total. The molecule has 0 amide bonds. The largest absolute Gasteiger partial charge is 0.503 e. The van der Waals surface area contributed by atoms with Crippen LogP contribution in [0.25, 0.3) is 0 Å². The molecule has 0 aliphatic carbocycles. The van der Waals surface area contributed by atoms with Crippen LogP contribution in [0.1, 0.15) is 19.3 Å². The molecule has 2 rings (SSSR count). The van der Waals surface area contributed by atoms with Crippen molar-refractivity contribution in [1.29, 1.82) is 0 Å². The minimum absolute atomic E-state index is 0.0220. The van der Waals surface area contributed by atoms with Crippen LogP contribution in [0.15, 0.2) is 11.5 Å². The molecule has 2 heterocycles. The standard InChI is InChI=1S/C8H11NO2/c10-7-3-5-9-4-1-2-6(9)8(7)11/h11H,1-5H2. The predicted octanol–water partition coefficient (Wildman–Crippen LogP) is 0.825. The first kappa shape index (κ1) is 6.70. The Morgan fingerprint density at radius 3 is 2.91 bits per heavy atom. The van der Waals surface area contributed by atoms with E-state index in [2.05, 4.69) is 4.90 Å². The average Bonchev–Trinajstić information content (AvgIpc) is 2.45. The summed E-state index contributed by atoms with van der Waals surface area (Å²) in [7, 11) is 0. The maximum absolute atomic E-state index is 11.0. The number of carbonyl (C=O) groups excluding carboxylic acids is 1. The second-order valence-electron chi connectivity index (χ2n) is 3.06. The number of allylic oxidation sites excluding steroid dienone is 2. The molecule has 0 aromatic heterocycles. The normalized spacial score (nSPS) is 24.4. The fourth-order valence-electron chi connectivity index (χ4n) is 1.76. The Bertz CT molecular complexity index is 232. The number of hydrogen-bond donors (Lipinski definition) is 1. The van der Waals surface area contributed by atoms with Crippen LogP contribution in [-0.2, 0) is 4.79 Å². The van der Waals surface area contributed by atoms with Gasteiger partial charge in [0, 0.05) is 19.5 Å². The SMILES string of the molecule is O=C1CCN2CCCC2=C1O. The van der Waals surface area contributed by atoms with E-state index >= 15 is 0 Å². The molecule has 2 aliphatic rings. The summed E-state index contributed by atoms with van der Waals surface area (Å²) in [5.41, 5.74) is 0.876. The van der Waals surface area contributed by atoms with Gasteiger partial charge in [0.2, 0.25) is 5.78 Å². The van der Waals surface area contributed by atoms with Crippen molar-refractivity contribution in [2.24, 2.45) is 0 Å². The van der Waals surface area contributed by atoms with E-state index in [-0.39, 0.29) is 11.5 Å². The number of aliphatic hydroxyl groups excluding tert-OH is 1. The van der Waals surface area contributed by atoms with E-state index in [4.69, 9.17) is 0 Å². The smallest absolute Gasteiger partial charge is 0.200 e. The molecule has 0 saturated carbocycles. The van der Waals surface area contributed by atoms with Crippen molar-refractivity contribution < 1.29 is 9.90 Å². The summed E-state index contributed by atoms with van der Waals surface area (Å²) < 4.78 is 0. The molecule has 0 aromatic rings. The Morgan fingerprint density at radius 2 is 2.09 bits per heavy atom. The van der Waals surface area contributed by atoms with Gasteiger partial charge in [-0.05, 0) is 12.8 Å². The lowest BCUT2D eigenvalue weighted by molar-refractivity contribution is -0.119. The third-order valence-electron chi connectivity index (χ3n) is 2.37. The van der Waals surface area contributed by atoms with Crippen LogP contribution in [0.3, 0.4) is 0 Å². The van der Waals surface area contributed by atoms with E-state index in [1.165, 1.54) is 0 Å². The molecule has 0 unspecified atom stereocenters. The lowest BCUT2D eigenvalue weighted by Gasteiger charge is -2.24. The zero-order chi connectivity index (χ0) is 7.84. The van der Waals surface area contributed by atoms with E-state index in [0.29, 0.717) is 6.42 Å². The molecule has 0 radical (unpaired) electrons. The quantitative estimate of drug-likeness (QED) is 0.560. The molecule has 1 saturated heterocycles. The highest BCUT2D eigenvalue weighted by atomic mass is 16.3. The molecule has 1 fully saturated rings. The Morgan fingerprint density at radius 1 is 1.27 bits per heavy atom. The van der Waals surface area contributed by atoms with Crippen LogP contribution in [0, 0.1) is 0 Å². The molecule has 3 nitrogen and oxygen atoms in total. The van der Waals surface area contributed by atoms with E-state index in [1.807, 2.05) is 0 Å². The Balaban J connectivity index is 2.35. The van der Waals surface area contributed by atoms with Crippen LogP contribution in [0.2, 0.25) is 0 Å². The van der Waals surface area contributed by atoms with Gasteiger partial charge in [0.05, 0.1) is 5.70 Å². The van der Waals surface area contributed by atoms with E-state index < -0.39 is 0 Å². The first-order valence-electron chi connectivity index (χ1n) is 3.99. The number of carbonyl (C=O) groups is 1. The van der Waals surface area contributed by atoms with Crippen molar-refractivity contribution in [2.75, 3.05) is 13.1 Å². The van der Waals surface area contributed by atoms with Gasteiger partial charge in [-0.1, -0.05) is 0 Å². The fourth-order valence-corrected chi connectivity index (χ4v) is 1.76. The third-order valence-corrected chi connectivity index (χ3v) is 2.37. The first-order valence-corrected chi connectivity index (χ1v) is 3.99. The number of fused-ring (bicyclic) bond motifs is 1. The van der Waals surface area contributed by atoms with Crippen molar-refractivity contribution >= 4 is 5.78 Å². The summed E-state index contributed by atoms with van der Waals surface area (Å²) in [5, 5.41) is 9.34. The molecular weight excluding hydrogens is 142 g/mol. The zero-order valence-electron chi connectivity index (χ0n) is 6.34. The number of nitrogens with zero attached hydrogens (tertiary/aromatic N) is 1. The van der Waals surface area contributed by atoms with Crippen LogP contribution in [-0.4, -0.2) is 28.9 Å². The summed E-state index contributed by atoms with van der Waals surface area (Å²) in [6.45, 7) is 1.81. The Kier molecular flexibility index (Phi) is 1.37. The van der Waals surface area contributed by atoms with Crippen molar-refractivity contribution in [2.45, 2.75) is 19.3 Å². The Hall–Kier alpha value is -0.990. The predicted molar refractivity (Wildman–Crippen MR) is 40.1 cm³/mol. The van der Waals surface area contributed by atoms with E-state index in [0.717, 1.165) is 31.6 Å². The van der Waals surface area contributed by atoms with Crippen molar-refractivity contribution in [3.05, 3.63) is 11.5 Å². The highest BCUT2D eigenvalue weighted by molar-refractivity contribution is 5.94. The second-order valence-corrected chi connectivity index (χ2v) is 3.06. The fraction of sp³-hybridized carbons (Fsp3) is 0.625. The highest BCUT2D eigenvalue weighted by Crippen LogP contribution is 2.27. The van der Waals surface area contributed by atoms with Crippen molar-refractivity contribution in [3.63, 3.8) is 0 Å². The van der Waals surface area contributed by atoms with Gasteiger partial charge >= 0.3 is 0 Å². The van der Waals surface area contributed by atoms with Gasteiger partial charge in [-0.25, -0.2) is 0 Å². The average molecular weight is 153 g/mol. The number of rotatable bonds is 0. The summed E-state index contributed by atoms with van der Waals surface area (Å²) in [4.78, 5) is 13.1. The molecule has 0 aromatic carbocycles. The molecule has 0 atom stereocenters. The minimum Gasteiger partial charge on any atom is -0.503 e. The van der Waals surface area contributed by atoms with Crippen LogP contribution in [0.5, 0.6) is 0 Å². The maximum atomic E-state index is 11.0. The lowest BCUT2D eigenvalue weighted by atomic mass is 10.1. The van der Waals surface area contributed by atoms with Gasteiger partial charge in [0.15, 0.2) is 5.76 Å². The molecular formula is C8H11NO2. The number of Topliss-reactive ketones (excluding diaryl/α,β-unsaturated/α-hetero) is 1. The molecule has 11 heavy (non-hydrogen) atoms. The second kappa shape index (κ2) is 2.26. The van der Waals surface area contributed by atoms with Gasteiger partial charge in [-0.15, -0.1) is 0 Å². The third kappa shape index (κ3) is 0.914. The number of hydrogen-bond acceptors (Lipinski definition) is 3. The van der Waals surface area contributed by atoms with Crippen molar-refractivity contribution in [3.8, 4) is 0 Å². The van der Waals surface area contributed by atoms with Crippen molar-refractivity contribution in [1.82, 2.24) is 4.90 Å². The van der Waals surface area contributed by atoms with Crippen LogP contribution < -0.4 is 0 Å². The Labute approximate surface area is 65.3 Å².